The second-order valence-electron chi connectivity index (χ2n) is 7.67. The number of hydrogen-bond donors (Lipinski definition) is 1. The molecular formula is C25H33ClN2O3S. The van der Waals surface area contributed by atoms with Gasteiger partial charge < -0.3 is 15.0 Å². The van der Waals surface area contributed by atoms with Gasteiger partial charge in [0.2, 0.25) is 11.8 Å². The normalized spacial score (nSPS) is 12.7. The van der Waals surface area contributed by atoms with Crippen molar-refractivity contribution >= 4 is 35.2 Å². The van der Waals surface area contributed by atoms with E-state index in [1.165, 1.54) is 0 Å². The molecule has 174 valence electrons. The maximum absolute atomic E-state index is 13.3. The summed E-state index contributed by atoms with van der Waals surface area (Å²) < 4.78 is 5.33. The smallest absolute Gasteiger partial charge is 0.243 e. The van der Waals surface area contributed by atoms with E-state index in [2.05, 4.69) is 5.32 Å². The van der Waals surface area contributed by atoms with Gasteiger partial charge in [0.1, 0.15) is 11.8 Å². The van der Waals surface area contributed by atoms with E-state index in [0.717, 1.165) is 22.6 Å². The van der Waals surface area contributed by atoms with Gasteiger partial charge in [-0.3, -0.25) is 9.59 Å². The molecule has 0 radical (unpaired) electrons. The Bertz CT molecular complexity index is 876. The summed E-state index contributed by atoms with van der Waals surface area (Å²) in [5.74, 6) is 1.20. The number of methoxy groups -OCH3 is 1. The number of rotatable bonds is 12. The third kappa shape index (κ3) is 8.06. The molecule has 0 saturated heterocycles. The number of carbonyl (C=O) groups is 2. The van der Waals surface area contributed by atoms with E-state index >= 15 is 0 Å². The van der Waals surface area contributed by atoms with Crippen molar-refractivity contribution < 1.29 is 14.3 Å². The van der Waals surface area contributed by atoms with Crippen LogP contribution in [0.15, 0.2) is 53.4 Å². The van der Waals surface area contributed by atoms with Crippen LogP contribution in [0.5, 0.6) is 5.75 Å². The predicted molar refractivity (Wildman–Crippen MR) is 132 cm³/mol. The van der Waals surface area contributed by atoms with Crippen LogP contribution in [-0.4, -0.2) is 41.7 Å². The molecule has 0 aliphatic rings. The third-order valence-electron chi connectivity index (χ3n) is 5.27. The molecule has 0 heterocycles. The van der Waals surface area contributed by atoms with Crippen LogP contribution in [0.25, 0.3) is 0 Å². The summed E-state index contributed by atoms with van der Waals surface area (Å²) in [5, 5.41) is 3.72. The number of nitrogens with zero attached hydrogens (tertiary/aromatic N) is 1. The van der Waals surface area contributed by atoms with Gasteiger partial charge in [-0.05, 0) is 61.7 Å². The highest BCUT2D eigenvalue weighted by atomic mass is 35.5. The second-order valence-corrected chi connectivity index (χ2v) is 9.27. The molecule has 0 aromatic heterocycles. The highest BCUT2D eigenvalue weighted by Gasteiger charge is 2.29. The van der Waals surface area contributed by atoms with Gasteiger partial charge >= 0.3 is 0 Å². The summed E-state index contributed by atoms with van der Waals surface area (Å²) in [6.07, 6.45) is 1.72. The first kappa shape index (κ1) is 26.1. The van der Waals surface area contributed by atoms with Gasteiger partial charge in [0, 0.05) is 34.7 Å². The third-order valence-corrected chi connectivity index (χ3v) is 6.54. The number of carbonyl (C=O) groups excluding carboxylic acids is 2. The molecule has 2 aromatic rings. The summed E-state index contributed by atoms with van der Waals surface area (Å²) in [7, 11) is 1.62. The minimum Gasteiger partial charge on any atom is -0.497 e. The van der Waals surface area contributed by atoms with Crippen molar-refractivity contribution in [1.82, 2.24) is 10.2 Å². The average molecular weight is 477 g/mol. The van der Waals surface area contributed by atoms with Crippen LogP contribution < -0.4 is 10.1 Å². The minimum atomic E-state index is -0.525. The molecular weight excluding hydrogens is 444 g/mol. The largest absolute Gasteiger partial charge is 0.497 e. The second kappa shape index (κ2) is 13.4. The van der Waals surface area contributed by atoms with Gasteiger partial charge in [-0.25, -0.2) is 0 Å². The highest BCUT2D eigenvalue weighted by Crippen LogP contribution is 2.23. The molecule has 2 atom stereocenters. The predicted octanol–water partition coefficient (Wildman–Crippen LogP) is 5.55. The first-order valence-electron chi connectivity index (χ1n) is 11.0. The fourth-order valence-electron chi connectivity index (χ4n) is 3.26. The fourth-order valence-corrected chi connectivity index (χ4v) is 4.23. The van der Waals surface area contributed by atoms with Crippen molar-refractivity contribution in [2.75, 3.05) is 12.9 Å². The lowest BCUT2D eigenvalue weighted by Gasteiger charge is -2.31. The number of nitrogens with one attached hydrogen (secondary N) is 1. The summed E-state index contributed by atoms with van der Waals surface area (Å²) in [6, 6.07) is 14.7. The average Bonchev–Trinajstić information content (AvgIpc) is 2.80. The van der Waals surface area contributed by atoms with Crippen molar-refractivity contribution in [2.24, 2.45) is 0 Å². The SMILES string of the molecule is CC[C@H](C)NC(=O)[C@H](CC)N(Cc1cccc(OC)c1)C(=O)CCSc1ccc(Cl)cc1. The summed E-state index contributed by atoms with van der Waals surface area (Å²) in [6.45, 7) is 6.30. The van der Waals surface area contributed by atoms with Crippen LogP contribution in [0.1, 0.15) is 45.6 Å². The lowest BCUT2D eigenvalue weighted by molar-refractivity contribution is -0.141. The summed E-state index contributed by atoms with van der Waals surface area (Å²) in [5.41, 5.74) is 0.929. The zero-order valence-electron chi connectivity index (χ0n) is 19.3. The van der Waals surface area contributed by atoms with Gasteiger partial charge in [-0.15, -0.1) is 11.8 Å². The first-order valence-corrected chi connectivity index (χ1v) is 12.3. The lowest BCUT2D eigenvalue weighted by Crippen LogP contribution is -2.50. The zero-order valence-corrected chi connectivity index (χ0v) is 20.8. The maximum Gasteiger partial charge on any atom is 0.243 e. The maximum atomic E-state index is 13.3. The van der Waals surface area contributed by atoms with Crippen molar-refractivity contribution in [3.05, 3.63) is 59.1 Å². The van der Waals surface area contributed by atoms with Gasteiger partial charge in [-0.1, -0.05) is 37.6 Å². The summed E-state index contributed by atoms with van der Waals surface area (Å²) >= 11 is 7.55. The monoisotopic (exact) mass is 476 g/mol. The Morgan fingerprint density at radius 3 is 2.47 bits per heavy atom. The number of benzene rings is 2. The lowest BCUT2D eigenvalue weighted by atomic mass is 10.1. The Hall–Kier alpha value is -2.18. The molecule has 5 nitrogen and oxygen atoms in total. The molecule has 7 heteroatoms. The first-order chi connectivity index (χ1) is 15.4. The molecule has 0 unspecified atom stereocenters. The van der Waals surface area contributed by atoms with E-state index in [-0.39, 0.29) is 17.9 Å². The molecule has 0 fully saturated rings. The van der Waals surface area contributed by atoms with E-state index in [0.29, 0.717) is 30.2 Å². The molecule has 0 spiro atoms. The van der Waals surface area contributed by atoms with Crippen molar-refractivity contribution in [3.8, 4) is 5.75 Å². The van der Waals surface area contributed by atoms with Gasteiger partial charge in [-0.2, -0.15) is 0 Å². The number of ether oxygens (including phenoxy) is 1. The minimum absolute atomic E-state index is 0.0413. The molecule has 0 saturated carbocycles. The standard InChI is InChI=1S/C25H33ClN2O3S/c1-5-18(3)27-25(30)23(6-2)28(17-19-8-7-9-21(16-19)31-4)24(29)14-15-32-22-12-10-20(26)11-13-22/h7-13,16,18,23H,5-6,14-15,17H2,1-4H3,(H,27,30)/t18-,23-/m0/s1. The van der Waals surface area contributed by atoms with Crippen molar-refractivity contribution in [1.29, 1.82) is 0 Å². The van der Waals surface area contributed by atoms with Gasteiger partial charge in [0.15, 0.2) is 0 Å². The Morgan fingerprint density at radius 1 is 1.12 bits per heavy atom. The molecule has 0 aliphatic carbocycles. The van der Waals surface area contributed by atoms with Crippen LogP contribution in [0.3, 0.4) is 0 Å². The number of halogens is 1. The van der Waals surface area contributed by atoms with Gasteiger partial charge in [0.25, 0.3) is 0 Å². The Kier molecular flexibility index (Phi) is 10.9. The number of hydrogen-bond acceptors (Lipinski definition) is 4. The Labute approximate surface area is 200 Å². The van der Waals surface area contributed by atoms with Crippen LogP contribution in [0, 0.1) is 0 Å². The molecule has 0 bridgehead atoms. The van der Waals surface area contributed by atoms with Crippen LogP contribution in [-0.2, 0) is 16.1 Å². The summed E-state index contributed by atoms with van der Waals surface area (Å²) in [4.78, 5) is 29.0. The highest BCUT2D eigenvalue weighted by molar-refractivity contribution is 7.99. The molecule has 2 aromatic carbocycles. The Balaban J connectivity index is 2.15. The van der Waals surface area contributed by atoms with E-state index < -0.39 is 6.04 Å². The number of amides is 2. The molecule has 2 amide bonds. The van der Waals surface area contributed by atoms with Crippen molar-refractivity contribution in [3.63, 3.8) is 0 Å². The molecule has 0 aliphatic heterocycles. The van der Waals surface area contributed by atoms with E-state index in [1.807, 2.05) is 69.3 Å². The van der Waals surface area contributed by atoms with Crippen LogP contribution in [0.2, 0.25) is 5.02 Å². The van der Waals surface area contributed by atoms with Crippen LogP contribution >= 0.6 is 23.4 Å². The van der Waals surface area contributed by atoms with Crippen molar-refractivity contribution in [2.45, 2.75) is 63.6 Å². The van der Waals surface area contributed by atoms with Gasteiger partial charge in [0.05, 0.1) is 7.11 Å². The number of thioether (sulfide) groups is 1. The molecule has 32 heavy (non-hydrogen) atoms. The molecule has 1 N–H and O–H groups in total. The fraction of sp³-hybridized carbons (Fsp3) is 0.440. The van der Waals surface area contributed by atoms with E-state index in [4.69, 9.17) is 16.3 Å². The Morgan fingerprint density at radius 2 is 1.84 bits per heavy atom. The van der Waals surface area contributed by atoms with E-state index in [9.17, 15) is 9.59 Å². The molecule has 2 rings (SSSR count). The van der Waals surface area contributed by atoms with Crippen LogP contribution in [0.4, 0.5) is 0 Å². The van der Waals surface area contributed by atoms with E-state index in [1.54, 1.807) is 23.8 Å². The zero-order chi connectivity index (χ0) is 23.5. The quantitative estimate of drug-likeness (QED) is 0.408. The topological polar surface area (TPSA) is 58.6 Å².